The molecule has 0 saturated carbocycles. The highest BCUT2D eigenvalue weighted by molar-refractivity contribution is 7.13. The number of carbonyl (C=O) groups is 1. The molecule has 0 spiro atoms. The summed E-state index contributed by atoms with van der Waals surface area (Å²) < 4.78 is 0. The van der Waals surface area contributed by atoms with Gasteiger partial charge in [-0.05, 0) is 0 Å². The van der Waals surface area contributed by atoms with E-state index < -0.39 is 10.8 Å². The number of nitrogens with one attached hydrogen (secondary N) is 1. The lowest BCUT2D eigenvalue weighted by molar-refractivity contribution is -0.380. The molecule has 2 N–H and O–H groups in total. The third-order valence-corrected chi connectivity index (χ3v) is 2.01. The minimum atomic E-state index is -0.751. The number of thiophene rings is 1. The quantitative estimate of drug-likeness (QED) is 0.407. The lowest BCUT2D eigenvalue weighted by Gasteiger charge is -1.89. The molecular formula is C5H4N2O4S. The molecule has 0 saturated heterocycles. The van der Waals surface area contributed by atoms with Crippen molar-refractivity contribution in [2.45, 2.75) is 0 Å². The summed E-state index contributed by atoms with van der Waals surface area (Å²) in [5, 5.41) is 19.5. The van der Waals surface area contributed by atoms with E-state index in [0.29, 0.717) is 0 Å². The van der Waals surface area contributed by atoms with Gasteiger partial charge in [0.05, 0.1) is 10.5 Å². The zero-order chi connectivity index (χ0) is 9.14. The lowest BCUT2D eigenvalue weighted by Crippen LogP contribution is -2.17. The minimum absolute atomic E-state index is 0.0780. The maximum Gasteiger partial charge on any atom is 0.324 e. The van der Waals surface area contributed by atoms with Crippen molar-refractivity contribution in [2.75, 3.05) is 0 Å². The summed E-state index contributed by atoms with van der Waals surface area (Å²) in [5.41, 5.74) is 1.46. The van der Waals surface area contributed by atoms with Crippen LogP contribution in [0.3, 0.4) is 0 Å². The Morgan fingerprint density at radius 1 is 1.75 bits per heavy atom. The van der Waals surface area contributed by atoms with Crippen LogP contribution >= 0.6 is 11.3 Å². The molecule has 0 atom stereocenters. The van der Waals surface area contributed by atoms with Gasteiger partial charge in [-0.3, -0.25) is 20.1 Å². The molecule has 1 aromatic rings. The first-order valence-corrected chi connectivity index (χ1v) is 3.70. The van der Waals surface area contributed by atoms with Crippen molar-refractivity contribution in [1.82, 2.24) is 5.48 Å². The number of rotatable bonds is 2. The molecule has 0 fully saturated rings. The van der Waals surface area contributed by atoms with Gasteiger partial charge in [0.25, 0.3) is 5.91 Å². The largest absolute Gasteiger partial charge is 0.324 e. The van der Waals surface area contributed by atoms with Crippen molar-refractivity contribution in [2.24, 2.45) is 0 Å². The Hall–Kier alpha value is -1.47. The van der Waals surface area contributed by atoms with Gasteiger partial charge in [0.1, 0.15) is 0 Å². The van der Waals surface area contributed by atoms with Crippen LogP contribution in [0.5, 0.6) is 0 Å². The van der Waals surface area contributed by atoms with Gasteiger partial charge in [0.2, 0.25) is 0 Å². The molecule has 0 aliphatic heterocycles. The smallest absolute Gasteiger partial charge is 0.288 e. The van der Waals surface area contributed by atoms with E-state index in [2.05, 4.69) is 0 Å². The Bertz CT molecular complexity index is 321. The van der Waals surface area contributed by atoms with Crippen LogP contribution in [0.1, 0.15) is 10.4 Å². The summed E-state index contributed by atoms with van der Waals surface area (Å²) >= 11 is 0.830. The van der Waals surface area contributed by atoms with Crippen LogP contribution in [0.25, 0.3) is 0 Å². The van der Waals surface area contributed by atoms with Crippen LogP contribution in [-0.4, -0.2) is 16.0 Å². The molecule has 0 unspecified atom stereocenters. The first-order valence-electron chi connectivity index (χ1n) is 2.82. The summed E-state index contributed by atoms with van der Waals surface area (Å²) in [5.74, 6) is -0.751. The number of carbonyl (C=O) groups excluding carboxylic acids is 1. The number of amides is 1. The maximum atomic E-state index is 10.7. The van der Waals surface area contributed by atoms with E-state index in [0.717, 1.165) is 17.4 Å². The van der Waals surface area contributed by atoms with Crippen LogP contribution in [0.2, 0.25) is 0 Å². The molecule has 0 aliphatic rings. The second kappa shape index (κ2) is 3.28. The fourth-order valence-electron chi connectivity index (χ4n) is 0.604. The molecule has 1 aromatic heterocycles. The minimum Gasteiger partial charge on any atom is -0.288 e. The van der Waals surface area contributed by atoms with Crippen LogP contribution in [0.15, 0.2) is 11.4 Å². The summed E-state index contributed by atoms with van der Waals surface area (Å²) in [6.45, 7) is 0. The van der Waals surface area contributed by atoms with Gasteiger partial charge in [-0.25, -0.2) is 5.48 Å². The molecule has 0 radical (unpaired) electrons. The number of hydroxylamine groups is 1. The first-order chi connectivity index (χ1) is 5.65. The Balaban J connectivity index is 2.91. The Kier molecular flexibility index (Phi) is 2.36. The summed E-state index contributed by atoms with van der Waals surface area (Å²) in [7, 11) is 0. The van der Waals surface area contributed by atoms with Crippen LogP contribution in [0.4, 0.5) is 5.00 Å². The van der Waals surface area contributed by atoms with E-state index in [1.165, 1.54) is 10.9 Å². The van der Waals surface area contributed by atoms with Crippen molar-refractivity contribution in [3.05, 3.63) is 27.1 Å². The fourth-order valence-corrected chi connectivity index (χ4v) is 1.31. The third-order valence-electron chi connectivity index (χ3n) is 1.13. The van der Waals surface area contributed by atoms with Crippen LogP contribution in [-0.2, 0) is 0 Å². The predicted molar refractivity (Wildman–Crippen MR) is 40.2 cm³/mol. The monoisotopic (exact) mass is 188 g/mol. The summed E-state index contributed by atoms with van der Waals surface area (Å²) in [6, 6.07) is 1.09. The zero-order valence-corrected chi connectivity index (χ0v) is 6.50. The van der Waals surface area contributed by atoms with E-state index in [1.807, 2.05) is 0 Å². The fraction of sp³-hybridized carbons (Fsp3) is 0. The number of hydrogen-bond acceptors (Lipinski definition) is 5. The molecule has 0 aliphatic carbocycles. The van der Waals surface area contributed by atoms with E-state index in [1.54, 1.807) is 0 Å². The summed E-state index contributed by atoms with van der Waals surface area (Å²) in [4.78, 5) is 20.2. The Morgan fingerprint density at radius 2 is 2.42 bits per heavy atom. The van der Waals surface area contributed by atoms with Gasteiger partial charge in [-0.1, -0.05) is 11.3 Å². The number of nitro groups is 1. The molecule has 1 heterocycles. The molecule has 64 valence electrons. The van der Waals surface area contributed by atoms with E-state index in [4.69, 9.17) is 5.21 Å². The van der Waals surface area contributed by atoms with E-state index in [-0.39, 0.29) is 10.6 Å². The highest BCUT2D eigenvalue weighted by Gasteiger charge is 2.13. The van der Waals surface area contributed by atoms with E-state index in [9.17, 15) is 14.9 Å². The normalized spacial score (nSPS) is 9.42. The molecule has 6 nitrogen and oxygen atoms in total. The Labute approximate surface area is 70.5 Å². The number of hydrogen-bond donors (Lipinski definition) is 2. The maximum absolute atomic E-state index is 10.7. The van der Waals surface area contributed by atoms with Crippen molar-refractivity contribution in [3.63, 3.8) is 0 Å². The molecule has 0 aromatic carbocycles. The molecular weight excluding hydrogens is 184 g/mol. The SMILES string of the molecule is O=C(NO)c1csc([N+](=O)[O-])c1. The Morgan fingerprint density at radius 3 is 2.83 bits per heavy atom. The second-order valence-electron chi connectivity index (χ2n) is 1.87. The van der Waals surface area contributed by atoms with Gasteiger partial charge in [-0.15, -0.1) is 0 Å². The highest BCUT2D eigenvalue weighted by Crippen LogP contribution is 2.22. The predicted octanol–water partition coefficient (Wildman–Crippen LogP) is 0.775. The molecule has 12 heavy (non-hydrogen) atoms. The topological polar surface area (TPSA) is 92.5 Å². The zero-order valence-electron chi connectivity index (χ0n) is 5.68. The van der Waals surface area contributed by atoms with E-state index >= 15 is 0 Å². The summed E-state index contributed by atoms with van der Waals surface area (Å²) in [6.07, 6.45) is 0. The van der Waals surface area contributed by atoms with Gasteiger partial charge < -0.3 is 0 Å². The number of nitrogens with zero attached hydrogens (tertiary/aromatic N) is 1. The first kappa shape index (κ1) is 8.62. The molecule has 1 amide bonds. The van der Waals surface area contributed by atoms with Crippen molar-refractivity contribution in [3.8, 4) is 0 Å². The third kappa shape index (κ3) is 1.57. The van der Waals surface area contributed by atoms with Crippen LogP contribution < -0.4 is 5.48 Å². The van der Waals surface area contributed by atoms with Crippen molar-refractivity contribution < 1.29 is 14.9 Å². The van der Waals surface area contributed by atoms with Crippen molar-refractivity contribution in [1.29, 1.82) is 0 Å². The average molecular weight is 188 g/mol. The van der Waals surface area contributed by atoms with Gasteiger partial charge >= 0.3 is 5.00 Å². The molecule has 1 rings (SSSR count). The standard InChI is InChI=1S/C5H4N2O4S/c8-5(6-9)3-1-4(7(10)11)12-2-3/h1-2,9H,(H,6,8). The van der Waals surface area contributed by atoms with Gasteiger partial charge in [0.15, 0.2) is 0 Å². The lowest BCUT2D eigenvalue weighted by atomic mass is 10.3. The second-order valence-corrected chi connectivity index (χ2v) is 2.76. The highest BCUT2D eigenvalue weighted by atomic mass is 32.1. The van der Waals surface area contributed by atoms with Crippen LogP contribution in [0, 0.1) is 10.1 Å². The van der Waals surface area contributed by atoms with Crippen molar-refractivity contribution >= 4 is 22.2 Å². The average Bonchev–Trinajstić information content (AvgIpc) is 2.51. The van der Waals surface area contributed by atoms with Gasteiger partial charge in [-0.2, -0.15) is 0 Å². The van der Waals surface area contributed by atoms with Gasteiger partial charge in [0, 0.05) is 11.4 Å². The molecule has 0 bridgehead atoms. The molecule has 7 heteroatoms.